The van der Waals surface area contributed by atoms with Crippen LogP contribution in [-0.4, -0.2) is 80.3 Å². The van der Waals surface area contributed by atoms with Crippen molar-refractivity contribution in [3.05, 3.63) is 35.4 Å². The number of carbonyl (C=O) groups is 1. The van der Waals surface area contributed by atoms with Crippen LogP contribution in [0.2, 0.25) is 0 Å². The second-order valence-electron chi connectivity index (χ2n) is 6.91. The molecule has 0 spiro atoms. The van der Waals surface area contributed by atoms with Crippen molar-refractivity contribution in [1.29, 1.82) is 0 Å². The molecule has 6 nitrogen and oxygen atoms in total. The Hall–Kier alpha value is -1.56. The van der Waals surface area contributed by atoms with Crippen LogP contribution < -0.4 is 5.32 Å². The molecule has 10 heteroatoms. The number of carbonyl (C=O) groups excluding carboxylic acids is 1. The highest BCUT2D eigenvalue weighted by molar-refractivity contribution is 14.0. The first-order valence-corrected chi connectivity index (χ1v) is 9.77. The first-order valence-electron chi connectivity index (χ1n) is 9.77. The van der Waals surface area contributed by atoms with Crippen LogP contribution in [-0.2, 0) is 11.2 Å². The number of nitrogens with zero attached hydrogens (tertiary/aromatic N) is 3. The van der Waals surface area contributed by atoms with E-state index in [4.69, 9.17) is 0 Å². The predicted octanol–water partition coefficient (Wildman–Crippen LogP) is 3.17. The van der Waals surface area contributed by atoms with Gasteiger partial charge in [-0.2, -0.15) is 13.2 Å². The van der Waals surface area contributed by atoms with Crippen molar-refractivity contribution < 1.29 is 22.7 Å². The highest BCUT2D eigenvalue weighted by Gasteiger charge is 2.41. The van der Waals surface area contributed by atoms with E-state index in [-0.39, 0.29) is 29.9 Å². The topological polar surface area (TPSA) is 57.2 Å². The second kappa shape index (κ2) is 12.3. The standard InChI is InChI=1S/C20H29F3N4O2.HI/c1-4-24-19(27-13-11-26(12-14-27)15(2)20(21,22)23)25-10-9-16-5-7-17(8-6-16)18(28)29-3;/h5-8,15H,4,9-14H2,1-3H3,(H,24,25);1H. The number of ether oxygens (including phenoxy) is 1. The molecule has 1 heterocycles. The van der Waals surface area contributed by atoms with E-state index in [1.807, 2.05) is 24.0 Å². The summed E-state index contributed by atoms with van der Waals surface area (Å²) >= 11 is 0. The van der Waals surface area contributed by atoms with Crippen LogP contribution in [0.3, 0.4) is 0 Å². The first-order chi connectivity index (χ1) is 13.8. The van der Waals surface area contributed by atoms with E-state index in [1.165, 1.54) is 18.9 Å². The normalized spacial score (nSPS) is 16.6. The van der Waals surface area contributed by atoms with E-state index in [0.717, 1.165) is 11.5 Å². The average molecular weight is 542 g/mol. The van der Waals surface area contributed by atoms with Crippen molar-refractivity contribution >= 4 is 35.9 Å². The molecule has 2 rings (SSSR count). The molecular weight excluding hydrogens is 512 g/mol. The highest BCUT2D eigenvalue weighted by atomic mass is 127. The lowest BCUT2D eigenvalue weighted by molar-refractivity contribution is -0.181. The molecule has 1 atom stereocenters. The summed E-state index contributed by atoms with van der Waals surface area (Å²) < 4.78 is 43.4. The van der Waals surface area contributed by atoms with Crippen molar-refractivity contribution in [2.24, 2.45) is 4.99 Å². The maximum atomic E-state index is 12.9. The van der Waals surface area contributed by atoms with Crippen LogP contribution in [0.15, 0.2) is 29.3 Å². The number of alkyl halides is 3. The van der Waals surface area contributed by atoms with Crippen LogP contribution >= 0.6 is 24.0 Å². The summed E-state index contributed by atoms with van der Waals surface area (Å²) in [7, 11) is 1.34. The molecule has 1 saturated heterocycles. The zero-order valence-corrected chi connectivity index (χ0v) is 19.9. The molecule has 1 unspecified atom stereocenters. The van der Waals surface area contributed by atoms with Gasteiger partial charge in [-0.1, -0.05) is 12.1 Å². The minimum atomic E-state index is -4.20. The van der Waals surface area contributed by atoms with Gasteiger partial charge in [0.15, 0.2) is 5.96 Å². The number of benzene rings is 1. The van der Waals surface area contributed by atoms with Gasteiger partial charge in [0.1, 0.15) is 6.04 Å². The summed E-state index contributed by atoms with van der Waals surface area (Å²) in [5, 5.41) is 3.22. The van der Waals surface area contributed by atoms with E-state index in [9.17, 15) is 18.0 Å². The third kappa shape index (κ3) is 7.60. The number of rotatable bonds is 6. The fourth-order valence-corrected chi connectivity index (χ4v) is 3.17. The lowest BCUT2D eigenvalue weighted by atomic mass is 10.1. The maximum absolute atomic E-state index is 12.9. The van der Waals surface area contributed by atoms with Gasteiger partial charge in [0.05, 0.1) is 12.7 Å². The molecule has 0 aliphatic carbocycles. The fraction of sp³-hybridized carbons (Fsp3) is 0.600. The van der Waals surface area contributed by atoms with E-state index in [2.05, 4.69) is 15.0 Å². The molecule has 0 bridgehead atoms. The number of methoxy groups -OCH3 is 1. The van der Waals surface area contributed by atoms with Gasteiger partial charge in [0.25, 0.3) is 0 Å². The summed E-state index contributed by atoms with van der Waals surface area (Å²) in [4.78, 5) is 19.6. The van der Waals surface area contributed by atoms with Gasteiger partial charge in [0, 0.05) is 39.3 Å². The quantitative estimate of drug-likeness (QED) is 0.259. The third-order valence-electron chi connectivity index (χ3n) is 5.01. The van der Waals surface area contributed by atoms with Crippen molar-refractivity contribution in [2.75, 3.05) is 46.4 Å². The monoisotopic (exact) mass is 542 g/mol. The van der Waals surface area contributed by atoms with Gasteiger partial charge in [0.2, 0.25) is 0 Å². The molecule has 1 aromatic rings. The van der Waals surface area contributed by atoms with Crippen LogP contribution in [0.1, 0.15) is 29.8 Å². The van der Waals surface area contributed by atoms with Gasteiger partial charge in [-0.05, 0) is 38.0 Å². The smallest absolute Gasteiger partial charge is 0.403 e. The number of nitrogens with one attached hydrogen (secondary N) is 1. The Morgan fingerprint density at radius 3 is 2.30 bits per heavy atom. The number of halogens is 4. The molecule has 1 aliphatic rings. The van der Waals surface area contributed by atoms with E-state index in [0.29, 0.717) is 51.3 Å². The zero-order chi connectivity index (χ0) is 21.4. The van der Waals surface area contributed by atoms with Crippen molar-refractivity contribution in [3.8, 4) is 0 Å². The average Bonchev–Trinajstić information content (AvgIpc) is 2.72. The number of esters is 1. The van der Waals surface area contributed by atoms with Crippen molar-refractivity contribution in [1.82, 2.24) is 15.1 Å². The second-order valence-corrected chi connectivity index (χ2v) is 6.91. The number of aliphatic imine (C=N–C) groups is 1. The SMILES string of the molecule is CCNC(=NCCc1ccc(C(=O)OC)cc1)N1CCN(C(C)C(F)(F)F)CC1.I. The summed E-state index contributed by atoms with van der Waals surface area (Å²) in [6, 6.07) is 5.74. The number of hydrogen-bond donors (Lipinski definition) is 1. The Balaban J connectivity index is 0.00000450. The Morgan fingerprint density at radius 2 is 1.80 bits per heavy atom. The number of hydrogen-bond acceptors (Lipinski definition) is 4. The molecule has 0 amide bonds. The van der Waals surface area contributed by atoms with Gasteiger partial charge in [-0.25, -0.2) is 4.79 Å². The minimum Gasteiger partial charge on any atom is -0.465 e. The molecule has 170 valence electrons. The largest absolute Gasteiger partial charge is 0.465 e. The molecule has 1 fully saturated rings. The van der Waals surface area contributed by atoms with Gasteiger partial charge < -0.3 is 15.0 Å². The molecule has 1 aliphatic heterocycles. The predicted molar refractivity (Wildman–Crippen MR) is 122 cm³/mol. The number of piperazine rings is 1. The summed E-state index contributed by atoms with van der Waals surface area (Å²) in [6.45, 7) is 6.09. The number of guanidine groups is 1. The van der Waals surface area contributed by atoms with Crippen molar-refractivity contribution in [2.45, 2.75) is 32.5 Å². The Labute approximate surface area is 192 Å². The molecular formula is C20H30F3IN4O2. The fourth-order valence-electron chi connectivity index (χ4n) is 3.17. The van der Waals surface area contributed by atoms with E-state index >= 15 is 0 Å². The Bertz CT molecular complexity index is 690. The van der Waals surface area contributed by atoms with Gasteiger partial charge in [-0.15, -0.1) is 24.0 Å². The molecule has 0 saturated carbocycles. The van der Waals surface area contributed by atoms with E-state index in [1.54, 1.807) is 12.1 Å². The van der Waals surface area contributed by atoms with Crippen molar-refractivity contribution in [3.63, 3.8) is 0 Å². The van der Waals surface area contributed by atoms with Crippen LogP contribution in [0.5, 0.6) is 0 Å². The molecule has 1 N–H and O–H groups in total. The van der Waals surface area contributed by atoms with Crippen LogP contribution in [0.4, 0.5) is 13.2 Å². The summed E-state index contributed by atoms with van der Waals surface area (Å²) in [5.74, 6) is 0.348. The Morgan fingerprint density at radius 1 is 1.20 bits per heavy atom. The van der Waals surface area contributed by atoms with Crippen LogP contribution in [0.25, 0.3) is 0 Å². The third-order valence-corrected chi connectivity index (χ3v) is 5.01. The molecule has 30 heavy (non-hydrogen) atoms. The first kappa shape index (κ1) is 26.5. The highest BCUT2D eigenvalue weighted by Crippen LogP contribution is 2.25. The summed E-state index contributed by atoms with van der Waals surface area (Å²) in [5.41, 5.74) is 1.54. The molecule has 1 aromatic carbocycles. The van der Waals surface area contributed by atoms with Gasteiger partial charge in [-0.3, -0.25) is 9.89 Å². The van der Waals surface area contributed by atoms with Gasteiger partial charge >= 0.3 is 12.1 Å². The minimum absolute atomic E-state index is 0. The molecule has 0 radical (unpaired) electrons. The zero-order valence-electron chi connectivity index (χ0n) is 17.5. The lowest BCUT2D eigenvalue weighted by Gasteiger charge is -2.39. The maximum Gasteiger partial charge on any atom is 0.403 e. The molecule has 0 aromatic heterocycles. The van der Waals surface area contributed by atoms with Crippen LogP contribution in [0, 0.1) is 0 Å². The Kier molecular flexibility index (Phi) is 10.9. The van der Waals surface area contributed by atoms with E-state index < -0.39 is 12.2 Å². The lowest BCUT2D eigenvalue weighted by Crippen LogP contribution is -2.56. The summed E-state index contributed by atoms with van der Waals surface area (Å²) in [6.07, 6.45) is -3.51.